The number of hydrogen-bond donors (Lipinski definition) is 2. The summed E-state index contributed by atoms with van der Waals surface area (Å²) in [4.78, 5) is 0. The Labute approximate surface area is 132 Å². The van der Waals surface area contributed by atoms with E-state index in [4.69, 9.17) is 10.5 Å². The number of anilines is 2. The highest BCUT2D eigenvalue weighted by Gasteiger charge is 2.15. The second-order valence-electron chi connectivity index (χ2n) is 4.45. The molecule has 0 radical (unpaired) electrons. The standard InChI is InChI=1S/C14H15BrN2O3S/c1-20-14-7-4-11(15)8-13(14)17-21(18,19)9-10-2-5-12(16)6-3-10/h2-8,17H,9,16H2,1H3. The van der Waals surface area contributed by atoms with E-state index < -0.39 is 10.0 Å². The summed E-state index contributed by atoms with van der Waals surface area (Å²) < 4.78 is 32.9. The van der Waals surface area contributed by atoms with Gasteiger partial charge in [-0.1, -0.05) is 28.1 Å². The number of nitrogens with two attached hydrogens (primary N) is 1. The average molecular weight is 371 g/mol. The Bertz CT molecular complexity index is 730. The van der Waals surface area contributed by atoms with Crippen LogP contribution in [0.1, 0.15) is 5.56 Å². The number of hydrogen-bond acceptors (Lipinski definition) is 4. The zero-order valence-electron chi connectivity index (χ0n) is 11.3. The third-order valence-corrected chi connectivity index (χ3v) is 4.50. The van der Waals surface area contributed by atoms with Crippen molar-refractivity contribution >= 4 is 37.3 Å². The fraction of sp³-hybridized carbons (Fsp3) is 0.143. The lowest BCUT2D eigenvalue weighted by Gasteiger charge is -2.12. The molecule has 0 aliphatic carbocycles. The largest absolute Gasteiger partial charge is 0.495 e. The van der Waals surface area contributed by atoms with Crippen LogP contribution in [0.2, 0.25) is 0 Å². The molecule has 7 heteroatoms. The zero-order valence-corrected chi connectivity index (χ0v) is 13.7. The van der Waals surface area contributed by atoms with Crippen molar-refractivity contribution in [1.82, 2.24) is 0 Å². The van der Waals surface area contributed by atoms with Gasteiger partial charge in [0, 0.05) is 10.2 Å². The molecule has 21 heavy (non-hydrogen) atoms. The molecular weight excluding hydrogens is 356 g/mol. The minimum Gasteiger partial charge on any atom is -0.495 e. The lowest BCUT2D eigenvalue weighted by Crippen LogP contribution is -2.15. The molecule has 0 aliphatic rings. The Balaban J connectivity index is 2.21. The lowest BCUT2D eigenvalue weighted by molar-refractivity contribution is 0.417. The molecule has 112 valence electrons. The molecule has 2 aromatic rings. The van der Waals surface area contributed by atoms with Crippen molar-refractivity contribution in [2.75, 3.05) is 17.6 Å². The minimum atomic E-state index is -3.54. The highest BCUT2D eigenvalue weighted by Crippen LogP contribution is 2.29. The first-order valence-corrected chi connectivity index (χ1v) is 8.52. The summed E-state index contributed by atoms with van der Waals surface area (Å²) in [6, 6.07) is 11.8. The Morgan fingerprint density at radius 3 is 2.48 bits per heavy atom. The van der Waals surface area contributed by atoms with Gasteiger partial charge >= 0.3 is 0 Å². The monoisotopic (exact) mass is 370 g/mol. The molecule has 2 aromatic carbocycles. The molecule has 0 aliphatic heterocycles. The van der Waals surface area contributed by atoms with Crippen LogP contribution in [-0.4, -0.2) is 15.5 Å². The zero-order chi connectivity index (χ0) is 15.5. The molecule has 0 saturated heterocycles. The van der Waals surface area contributed by atoms with Crippen molar-refractivity contribution in [3.63, 3.8) is 0 Å². The topological polar surface area (TPSA) is 81.4 Å². The van der Waals surface area contributed by atoms with Crippen molar-refractivity contribution in [1.29, 1.82) is 0 Å². The Hall–Kier alpha value is -1.73. The number of sulfonamides is 1. The van der Waals surface area contributed by atoms with Gasteiger partial charge in [0.15, 0.2) is 0 Å². The molecule has 0 fully saturated rings. The molecule has 0 aromatic heterocycles. The third-order valence-electron chi connectivity index (χ3n) is 2.76. The Kier molecular flexibility index (Phi) is 4.74. The summed E-state index contributed by atoms with van der Waals surface area (Å²) in [5, 5.41) is 0. The van der Waals surface area contributed by atoms with Crippen LogP contribution in [-0.2, 0) is 15.8 Å². The van der Waals surface area contributed by atoms with Gasteiger partial charge in [0.1, 0.15) is 5.75 Å². The molecule has 0 saturated carbocycles. The van der Waals surface area contributed by atoms with E-state index in [1.807, 2.05) is 0 Å². The Morgan fingerprint density at radius 1 is 1.19 bits per heavy atom. The predicted octanol–water partition coefficient (Wildman–Crippen LogP) is 2.98. The van der Waals surface area contributed by atoms with Gasteiger partial charge in [-0.15, -0.1) is 0 Å². The van der Waals surface area contributed by atoms with Crippen molar-refractivity contribution in [2.45, 2.75) is 5.75 Å². The molecule has 0 heterocycles. The summed E-state index contributed by atoms with van der Waals surface area (Å²) in [7, 11) is -2.05. The number of rotatable bonds is 5. The molecule has 0 bridgehead atoms. The minimum absolute atomic E-state index is 0.136. The summed E-state index contributed by atoms with van der Waals surface area (Å²) in [5.41, 5.74) is 7.23. The van der Waals surface area contributed by atoms with Gasteiger partial charge in [-0.3, -0.25) is 4.72 Å². The predicted molar refractivity (Wildman–Crippen MR) is 87.8 cm³/mol. The maximum atomic E-state index is 12.2. The van der Waals surface area contributed by atoms with Crippen LogP contribution in [0.4, 0.5) is 11.4 Å². The fourth-order valence-corrected chi connectivity index (χ4v) is 3.36. The summed E-state index contributed by atoms with van der Waals surface area (Å²) >= 11 is 3.30. The van der Waals surface area contributed by atoms with Crippen LogP contribution < -0.4 is 15.2 Å². The molecule has 0 atom stereocenters. The molecule has 0 spiro atoms. The number of nitrogen functional groups attached to an aromatic ring is 1. The molecule has 0 unspecified atom stereocenters. The van der Waals surface area contributed by atoms with E-state index in [9.17, 15) is 8.42 Å². The first-order chi connectivity index (χ1) is 9.89. The lowest BCUT2D eigenvalue weighted by atomic mass is 10.2. The summed E-state index contributed by atoms with van der Waals surface area (Å²) in [6.07, 6.45) is 0. The molecule has 0 amide bonds. The number of halogens is 1. The number of ether oxygens (including phenoxy) is 1. The van der Waals surface area contributed by atoms with Crippen LogP contribution in [0.25, 0.3) is 0 Å². The first-order valence-electron chi connectivity index (χ1n) is 6.08. The average Bonchev–Trinajstić information content (AvgIpc) is 2.41. The van der Waals surface area contributed by atoms with Gasteiger partial charge in [-0.05, 0) is 35.9 Å². The second-order valence-corrected chi connectivity index (χ2v) is 7.09. The van der Waals surface area contributed by atoms with E-state index in [1.165, 1.54) is 7.11 Å². The molecular formula is C14H15BrN2O3S. The Morgan fingerprint density at radius 2 is 1.86 bits per heavy atom. The van der Waals surface area contributed by atoms with E-state index in [1.54, 1.807) is 42.5 Å². The smallest absolute Gasteiger partial charge is 0.237 e. The van der Waals surface area contributed by atoms with Gasteiger partial charge in [-0.2, -0.15) is 0 Å². The number of nitrogens with one attached hydrogen (secondary N) is 1. The van der Waals surface area contributed by atoms with E-state index in [0.717, 1.165) is 4.47 Å². The van der Waals surface area contributed by atoms with E-state index >= 15 is 0 Å². The number of benzene rings is 2. The summed E-state index contributed by atoms with van der Waals surface area (Å²) in [6.45, 7) is 0. The van der Waals surface area contributed by atoms with Gasteiger partial charge < -0.3 is 10.5 Å². The maximum Gasteiger partial charge on any atom is 0.237 e. The third kappa shape index (κ3) is 4.37. The SMILES string of the molecule is COc1ccc(Br)cc1NS(=O)(=O)Cc1ccc(N)cc1. The van der Waals surface area contributed by atoms with E-state index in [0.29, 0.717) is 22.7 Å². The molecule has 5 nitrogen and oxygen atoms in total. The van der Waals surface area contributed by atoms with Crippen molar-refractivity contribution in [3.05, 3.63) is 52.5 Å². The van der Waals surface area contributed by atoms with Gasteiger partial charge in [-0.25, -0.2) is 8.42 Å². The number of methoxy groups -OCH3 is 1. The maximum absolute atomic E-state index is 12.2. The van der Waals surface area contributed by atoms with Crippen molar-refractivity contribution < 1.29 is 13.2 Å². The van der Waals surface area contributed by atoms with Gasteiger partial charge in [0.2, 0.25) is 10.0 Å². The van der Waals surface area contributed by atoms with E-state index in [-0.39, 0.29) is 5.75 Å². The van der Waals surface area contributed by atoms with Crippen LogP contribution in [0, 0.1) is 0 Å². The second kappa shape index (κ2) is 6.36. The van der Waals surface area contributed by atoms with Crippen molar-refractivity contribution in [3.8, 4) is 5.75 Å². The van der Waals surface area contributed by atoms with Crippen LogP contribution in [0.3, 0.4) is 0 Å². The van der Waals surface area contributed by atoms with E-state index in [2.05, 4.69) is 20.7 Å². The highest BCUT2D eigenvalue weighted by atomic mass is 79.9. The van der Waals surface area contributed by atoms with Crippen LogP contribution in [0.5, 0.6) is 5.75 Å². The molecule has 2 rings (SSSR count). The fourth-order valence-electron chi connectivity index (χ4n) is 1.80. The highest BCUT2D eigenvalue weighted by molar-refractivity contribution is 9.10. The normalized spacial score (nSPS) is 11.1. The quantitative estimate of drug-likeness (QED) is 0.792. The summed E-state index contributed by atoms with van der Waals surface area (Å²) in [5.74, 6) is 0.322. The van der Waals surface area contributed by atoms with Crippen molar-refractivity contribution in [2.24, 2.45) is 0 Å². The van der Waals surface area contributed by atoms with Gasteiger partial charge in [0.05, 0.1) is 18.6 Å². The van der Waals surface area contributed by atoms with Crippen LogP contribution >= 0.6 is 15.9 Å². The van der Waals surface area contributed by atoms with Gasteiger partial charge in [0.25, 0.3) is 0 Å². The molecule has 3 N–H and O–H groups in total. The van der Waals surface area contributed by atoms with Crippen LogP contribution in [0.15, 0.2) is 46.9 Å². The first kappa shape index (κ1) is 15.7.